The van der Waals surface area contributed by atoms with E-state index in [1.807, 2.05) is 19.1 Å². The third kappa shape index (κ3) is 4.07. The van der Waals surface area contributed by atoms with Crippen LogP contribution in [0.4, 0.5) is 0 Å². The van der Waals surface area contributed by atoms with Crippen LogP contribution in [0, 0.1) is 6.92 Å². The van der Waals surface area contributed by atoms with E-state index in [4.69, 9.17) is 5.73 Å². The SMILES string of the molecule is Cc1cncc(-c2ncc(C(=O)NCc3cccc(C(N)=O)c3)s2)c1. The minimum Gasteiger partial charge on any atom is -0.366 e. The van der Waals surface area contributed by atoms with Gasteiger partial charge in [0.25, 0.3) is 5.91 Å². The van der Waals surface area contributed by atoms with Gasteiger partial charge in [-0.1, -0.05) is 12.1 Å². The van der Waals surface area contributed by atoms with Crippen molar-refractivity contribution in [3.63, 3.8) is 0 Å². The van der Waals surface area contributed by atoms with Crippen molar-refractivity contribution >= 4 is 23.2 Å². The first-order valence-corrected chi connectivity index (χ1v) is 8.39. The topological polar surface area (TPSA) is 98.0 Å². The Labute approximate surface area is 148 Å². The van der Waals surface area contributed by atoms with Gasteiger partial charge >= 0.3 is 0 Å². The molecule has 2 amide bonds. The van der Waals surface area contributed by atoms with Crippen LogP contribution >= 0.6 is 11.3 Å². The predicted octanol–water partition coefficient (Wildman–Crippen LogP) is 2.54. The number of carbonyl (C=O) groups excluding carboxylic acids is 2. The van der Waals surface area contributed by atoms with E-state index < -0.39 is 5.91 Å². The van der Waals surface area contributed by atoms with Crippen LogP contribution in [-0.2, 0) is 6.54 Å². The van der Waals surface area contributed by atoms with E-state index >= 15 is 0 Å². The molecule has 0 radical (unpaired) electrons. The average Bonchev–Trinajstić information content (AvgIpc) is 3.10. The highest BCUT2D eigenvalue weighted by Gasteiger charge is 2.12. The van der Waals surface area contributed by atoms with Gasteiger partial charge in [0, 0.05) is 30.1 Å². The largest absolute Gasteiger partial charge is 0.366 e. The average molecular weight is 352 g/mol. The fourth-order valence-electron chi connectivity index (χ4n) is 2.29. The van der Waals surface area contributed by atoms with Crippen molar-refractivity contribution in [2.45, 2.75) is 13.5 Å². The summed E-state index contributed by atoms with van der Waals surface area (Å²) < 4.78 is 0. The quantitative estimate of drug-likeness (QED) is 0.737. The lowest BCUT2D eigenvalue weighted by Gasteiger charge is -2.05. The van der Waals surface area contributed by atoms with Gasteiger partial charge in [-0.05, 0) is 36.2 Å². The first-order chi connectivity index (χ1) is 12.0. The second kappa shape index (κ2) is 7.23. The molecule has 126 valence electrons. The van der Waals surface area contributed by atoms with Crippen LogP contribution in [0.5, 0.6) is 0 Å². The van der Waals surface area contributed by atoms with Gasteiger partial charge in [-0.3, -0.25) is 14.6 Å². The van der Waals surface area contributed by atoms with E-state index in [0.29, 0.717) is 17.0 Å². The molecule has 0 unspecified atom stereocenters. The normalized spacial score (nSPS) is 10.4. The highest BCUT2D eigenvalue weighted by molar-refractivity contribution is 7.16. The van der Waals surface area contributed by atoms with Gasteiger partial charge in [-0.15, -0.1) is 11.3 Å². The van der Waals surface area contributed by atoms with Gasteiger partial charge in [-0.25, -0.2) is 4.98 Å². The highest BCUT2D eigenvalue weighted by atomic mass is 32.1. The predicted molar refractivity (Wildman–Crippen MR) is 96.2 cm³/mol. The van der Waals surface area contributed by atoms with Crippen LogP contribution in [0.2, 0.25) is 0 Å². The molecular weight excluding hydrogens is 336 g/mol. The Bertz CT molecular complexity index is 936. The first kappa shape index (κ1) is 16.8. The molecule has 0 atom stereocenters. The van der Waals surface area contributed by atoms with Crippen molar-refractivity contribution in [1.82, 2.24) is 15.3 Å². The summed E-state index contributed by atoms with van der Waals surface area (Å²) in [4.78, 5) is 32.5. The standard InChI is InChI=1S/C18H16N4O2S/c1-11-5-14(9-20-7-11)18-22-10-15(25-18)17(24)21-8-12-3-2-4-13(6-12)16(19)23/h2-7,9-10H,8H2,1H3,(H2,19,23)(H,21,24). The zero-order valence-corrected chi connectivity index (χ0v) is 14.3. The Morgan fingerprint density at radius 3 is 2.80 bits per heavy atom. The Morgan fingerprint density at radius 1 is 1.20 bits per heavy atom. The number of nitrogens with zero attached hydrogens (tertiary/aromatic N) is 2. The van der Waals surface area contributed by atoms with E-state index in [2.05, 4.69) is 15.3 Å². The summed E-state index contributed by atoms with van der Waals surface area (Å²) in [5.41, 5.74) is 8.40. The summed E-state index contributed by atoms with van der Waals surface area (Å²) in [6.45, 7) is 2.26. The van der Waals surface area contributed by atoms with Crippen LogP contribution in [0.15, 0.2) is 48.9 Å². The molecule has 0 saturated heterocycles. The Balaban J connectivity index is 1.68. The number of pyridine rings is 1. The summed E-state index contributed by atoms with van der Waals surface area (Å²) in [5.74, 6) is -0.708. The number of hydrogen-bond donors (Lipinski definition) is 2. The van der Waals surface area contributed by atoms with Crippen LogP contribution in [-0.4, -0.2) is 21.8 Å². The van der Waals surface area contributed by atoms with Crippen molar-refractivity contribution in [2.75, 3.05) is 0 Å². The molecule has 7 heteroatoms. The summed E-state index contributed by atoms with van der Waals surface area (Å²) in [6.07, 6.45) is 5.05. The molecule has 0 bridgehead atoms. The molecule has 2 heterocycles. The number of primary amides is 1. The molecule has 6 nitrogen and oxygen atoms in total. The minimum absolute atomic E-state index is 0.214. The molecule has 1 aromatic carbocycles. The molecule has 25 heavy (non-hydrogen) atoms. The molecule has 0 aliphatic rings. The van der Waals surface area contributed by atoms with Crippen LogP contribution < -0.4 is 11.1 Å². The van der Waals surface area contributed by atoms with Crippen molar-refractivity contribution in [1.29, 1.82) is 0 Å². The molecule has 0 fully saturated rings. The summed E-state index contributed by atoms with van der Waals surface area (Å²) in [5, 5.41) is 3.57. The lowest BCUT2D eigenvalue weighted by molar-refractivity contribution is 0.0954. The number of rotatable bonds is 5. The second-order valence-corrected chi connectivity index (χ2v) is 6.56. The number of amides is 2. The fourth-order valence-corrected chi connectivity index (χ4v) is 3.10. The lowest BCUT2D eigenvalue weighted by Crippen LogP contribution is -2.22. The van der Waals surface area contributed by atoms with Gasteiger partial charge in [-0.2, -0.15) is 0 Å². The molecule has 0 saturated carbocycles. The molecule has 3 N–H and O–H groups in total. The van der Waals surface area contributed by atoms with Crippen LogP contribution in [0.25, 0.3) is 10.6 Å². The maximum Gasteiger partial charge on any atom is 0.263 e. The van der Waals surface area contributed by atoms with E-state index in [-0.39, 0.29) is 5.91 Å². The van der Waals surface area contributed by atoms with Crippen LogP contribution in [0.3, 0.4) is 0 Å². The second-order valence-electron chi connectivity index (χ2n) is 5.53. The van der Waals surface area contributed by atoms with Crippen molar-refractivity contribution in [3.05, 3.63) is 70.5 Å². The molecule has 0 spiro atoms. The maximum atomic E-state index is 12.3. The number of nitrogens with one attached hydrogen (secondary N) is 1. The number of aromatic nitrogens is 2. The van der Waals surface area contributed by atoms with Gasteiger partial charge in [0.1, 0.15) is 9.88 Å². The number of nitrogens with two attached hydrogens (primary N) is 1. The molecule has 3 aromatic rings. The smallest absolute Gasteiger partial charge is 0.263 e. The molecule has 3 rings (SSSR count). The van der Waals surface area contributed by atoms with E-state index in [1.165, 1.54) is 11.3 Å². The third-order valence-corrected chi connectivity index (χ3v) is 4.56. The van der Waals surface area contributed by atoms with Gasteiger partial charge in [0.05, 0.1) is 6.20 Å². The monoisotopic (exact) mass is 352 g/mol. The Morgan fingerprint density at radius 2 is 2.04 bits per heavy atom. The van der Waals surface area contributed by atoms with Gasteiger partial charge < -0.3 is 11.1 Å². The number of thiazole rings is 1. The zero-order valence-electron chi connectivity index (χ0n) is 13.5. The number of carbonyl (C=O) groups is 2. The number of aryl methyl sites for hydroxylation is 1. The van der Waals surface area contributed by atoms with Gasteiger partial charge in [0.15, 0.2) is 0 Å². The zero-order chi connectivity index (χ0) is 17.8. The Hall–Kier alpha value is -3.06. The summed E-state index contributed by atoms with van der Waals surface area (Å²) in [7, 11) is 0. The van der Waals surface area contributed by atoms with Crippen molar-refractivity contribution in [2.24, 2.45) is 5.73 Å². The molecule has 0 aliphatic carbocycles. The summed E-state index contributed by atoms with van der Waals surface area (Å²) in [6, 6.07) is 8.83. The maximum absolute atomic E-state index is 12.3. The Kier molecular flexibility index (Phi) is 4.85. The van der Waals surface area contributed by atoms with E-state index in [9.17, 15) is 9.59 Å². The number of hydrogen-bond acceptors (Lipinski definition) is 5. The minimum atomic E-state index is -0.493. The first-order valence-electron chi connectivity index (χ1n) is 7.58. The van der Waals surface area contributed by atoms with Gasteiger partial charge in [0.2, 0.25) is 5.91 Å². The van der Waals surface area contributed by atoms with Crippen molar-refractivity contribution in [3.8, 4) is 10.6 Å². The summed E-state index contributed by atoms with van der Waals surface area (Å²) >= 11 is 1.31. The highest BCUT2D eigenvalue weighted by Crippen LogP contribution is 2.25. The fraction of sp³-hybridized carbons (Fsp3) is 0.111. The van der Waals surface area contributed by atoms with E-state index in [0.717, 1.165) is 21.7 Å². The molecule has 2 aromatic heterocycles. The molecule has 0 aliphatic heterocycles. The third-order valence-electron chi connectivity index (χ3n) is 3.52. The van der Waals surface area contributed by atoms with Crippen molar-refractivity contribution < 1.29 is 9.59 Å². The lowest BCUT2D eigenvalue weighted by atomic mass is 10.1. The number of benzene rings is 1. The van der Waals surface area contributed by atoms with E-state index in [1.54, 1.807) is 36.8 Å². The van der Waals surface area contributed by atoms with Crippen LogP contribution in [0.1, 0.15) is 31.2 Å². The molecular formula is C18H16N4O2S.